The van der Waals surface area contributed by atoms with E-state index in [2.05, 4.69) is 0 Å². The summed E-state index contributed by atoms with van der Waals surface area (Å²) in [6.07, 6.45) is 0.0886. The van der Waals surface area contributed by atoms with Crippen LogP contribution in [0.5, 0.6) is 5.75 Å². The van der Waals surface area contributed by atoms with Gasteiger partial charge in [-0.05, 0) is 25.1 Å². The van der Waals surface area contributed by atoms with Crippen LogP contribution < -0.4 is 4.74 Å². The van der Waals surface area contributed by atoms with Gasteiger partial charge in [0.2, 0.25) is 0 Å². The van der Waals surface area contributed by atoms with Crippen molar-refractivity contribution in [3.8, 4) is 5.75 Å². The minimum atomic E-state index is -0.00423. The van der Waals surface area contributed by atoms with E-state index in [-0.39, 0.29) is 11.9 Å². The van der Waals surface area contributed by atoms with E-state index in [1.165, 1.54) is 6.92 Å². The highest BCUT2D eigenvalue weighted by molar-refractivity contribution is 6.32. The zero-order valence-electron chi connectivity index (χ0n) is 8.33. The normalized spacial score (nSPS) is 15.9. The van der Waals surface area contributed by atoms with Gasteiger partial charge >= 0.3 is 0 Å². The molecule has 0 aromatic heterocycles. The Morgan fingerprint density at radius 3 is 2.73 bits per heavy atom. The molecule has 1 aliphatic heterocycles. The van der Waals surface area contributed by atoms with E-state index in [1.54, 1.807) is 18.2 Å². The van der Waals surface area contributed by atoms with Crippen LogP contribution in [0, 0.1) is 0 Å². The van der Waals surface area contributed by atoms with Crippen molar-refractivity contribution in [3.63, 3.8) is 0 Å². The number of hydrogen-bond acceptors (Lipinski definition) is 3. The summed E-state index contributed by atoms with van der Waals surface area (Å²) in [6.45, 7) is 2.71. The molecule has 2 rings (SSSR count). The van der Waals surface area contributed by atoms with Gasteiger partial charge in [0.15, 0.2) is 5.78 Å². The minimum Gasteiger partial charge on any atom is -0.484 e. The van der Waals surface area contributed by atoms with Crippen molar-refractivity contribution in [2.75, 3.05) is 13.2 Å². The Morgan fingerprint density at radius 1 is 1.53 bits per heavy atom. The molecule has 0 N–H and O–H groups in total. The number of halogens is 1. The molecule has 3 nitrogen and oxygen atoms in total. The molecule has 0 bridgehead atoms. The standard InChI is InChI=1S/C11H11ClO3/c1-7(13)8-2-3-11(10(12)4-8)15-9-5-14-6-9/h2-4,9H,5-6H2,1H3. The summed E-state index contributed by atoms with van der Waals surface area (Å²) in [5.41, 5.74) is 0.595. The SMILES string of the molecule is CC(=O)c1ccc(OC2COC2)c(Cl)c1. The zero-order chi connectivity index (χ0) is 10.8. The molecule has 1 saturated heterocycles. The molecule has 1 aromatic carbocycles. The Labute approximate surface area is 92.9 Å². The van der Waals surface area contributed by atoms with Crippen molar-refractivity contribution in [2.45, 2.75) is 13.0 Å². The van der Waals surface area contributed by atoms with Gasteiger partial charge in [-0.1, -0.05) is 11.6 Å². The average Bonchev–Trinajstić information content (AvgIpc) is 2.12. The van der Waals surface area contributed by atoms with Crippen molar-refractivity contribution in [1.82, 2.24) is 0 Å². The maximum absolute atomic E-state index is 11.1. The molecular formula is C11H11ClO3. The molecule has 1 fully saturated rings. The zero-order valence-corrected chi connectivity index (χ0v) is 9.08. The second-order valence-corrected chi connectivity index (χ2v) is 3.89. The van der Waals surface area contributed by atoms with Gasteiger partial charge in [0.25, 0.3) is 0 Å². The largest absolute Gasteiger partial charge is 0.484 e. The number of Topliss-reactive ketones (excluding diaryl/α,β-unsaturated/α-hetero) is 1. The van der Waals surface area contributed by atoms with Gasteiger partial charge in [-0.3, -0.25) is 4.79 Å². The van der Waals surface area contributed by atoms with Crippen molar-refractivity contribution in [3.05, 3.63) is 28.8 Å². The highest BCUT2D eigenvalue weighted by Crippen LogP contribution is 2.27. The number of hydrogen-bond donors (Lipinski definition) is 0. The first kappa shape index (κ1) is 10.5. The Kier molecular flexibility index (Phi) is 2.93. The van der Waals surface area contributed by atoms with Gasteiger partial charge < -0.3 is 9.47 Å². The lowest BCUT2D eigenvalue weighted by molar-refractivity contribution is -0.0796. The topological polar surface area (TPSA) is 35.5 Å². The molecule has 15 heavy (non-hydrogen) atoms. The molecule has 80 valence electrons. The average molecular weight is 227 g/mol. The van der Waals surface area contributed by atoms with Crippen LogP contribution in [0.2, 0.25) is 5.02 Å². The summed E-state index contributed by atoms with van der Waals surface area (Å²) in [7, 11) is 0. The van der Waals surface area contributed by atoms with Crippen LogP contribution in [-0.2, 0) is 4.74 Å². The highest BCUT2D eigenvalue weighted by atomic mass is 35.5. The maximum atomic E-state index is 11.1. The van der Waals surface area contributed by atoms with Crippen LogP contribution in [-0.4, -0.2) is 25.1 Å². The number of carbonyl (C=O) groups excluding carboxylic acids is 1. The second-order valence-electron chi connectivity index (χ2n) is 3.48. The Balaban J connectivity index is 2.14. The van der Waals surface area contributed by atoms with Crippen molar-refractivity contribution >= 4 is 17.4 Å². The molecule has 0 atom stereocenters. The molecule has 0 radical (unpaired) electrons. The number of benzene rings is 1. The first-order chi connectivity index (χ1) is 7.16. The summed E-state index contributed by atoms with van der Waals surface area (Å²) in [6, 6.07) is 5.05. The van der Waals surface area contributed by atoms with Crippen LogP contribution in [0.15, 0.2) is 18.2 Å². The summed E-state index contributed by atoms with van der Waals surface area (Å²) in [5.74, 6) is 0.602. The van der Waals surface area contributed by atoms with E-state index in [0.29, 0.717) is 29.5 Å². The van der Waals surface area contributed by atoms with Crippen molar-refractivity contribution in [2.24, 2.45) is 0 Å². The van der Waals surface area contributed by atoms with Crippen LogP contribution in [0.25, 0.3) is 0 Å². The van der Waals surface area contributed by atoms with Gasteiger partial charge in [0.05, 0.1) is 18.2 Å². The lowest BCUT2D eigenvalue weighted by Crippen LogP contribution is -2.38. The second kappa shape index (κ2) is 4.21. The van der Waals surface area contributed by atoms with E-state index in [9.17, 15) is 4.79 Å². The van der Waals surface area contributed by atoms with E-state index < -0.39 is 0 Å². The predicted molar refractivity (Wildman–Crippen MR) is 56.7 cm³/mol. The molecule has 0 aliphatic carbocycles. The first-order valence-corrected chi connectivity index (χ1v) is 5.09. The molecular weight excluding hydrogens is 216 g/mol. The summed E-state index contributed by atoms with van der Waals surface area (Å²) < 4.78 is 10.5. The number of ether oxygens (including phenoxy) is 2. The molecule has 0 amide bonds. The predicted octanol–water partition coefficient (Wildman–Crippen LogP) is 2.32. The van der Waals surface area contributed by atoms with Crippen LogP contribution >= 0.6 is 11.6 Å². The summed E-state index contributed by atoms with van der Waals surface area (Å²) in [5, 5.41) is 0.467. The molecule has 0 saturated carbocycles. The van der Waals surface area contributed by atoms with Crippen LogP contribution in [0.3, 0.4) is 0 Å². The van der Waals surface area contributed by atoms with Gasteiger partial charge in [-0.15, -0.1) is 0 Å². The molecule has 1 aromatic rings. The van der Waals surface area contributed by atoms with Gasteiger partial charge in [-0.25, -0.2) is 0 Å². The van der Waals surface area contributed by atoms with E-state index in [4.69, 9.17) is 21.1 Å². The highest BCUT2D eigenvalue weighted by Gasteiger charge is 2.21. The third-order valence-corrected chi connectivity index (χ3v) is 2.53. The fraction of sp³-hybridized carbons (Fsp3) is 0.364. The van der Waals surface area contributed by atoms with Crippen molar-refractivity contribution < 1.29 is 14.3 Å². The molecule has 4 heteroatoms. The first-order valence-electron chi connectivity index (χ1n) is 4.71. The lowest BCUT2D eigenvalue weighted by atomic mass is 10.1. The summed E-state index contributed by atoms with van der Waals surface area (Å²) in [4.78, 5) is 11.1. The van der Waals surface area contributed by atoms with Gasteiger partial charge in [0, 0.05) is 5.56 Å². The van der Waals surface area contributed by atoms with Gasteiger partial charge in [0.1, 0.15) is 11.9 Å². The minimum absolute atomic E-state index is 0.00423. The van der Waals surface area contributed by atoms with Crippen LogP contribution in [0.1, 0.15) is 17.3 Å². The smallest absolute Gasteiger partial charge is 0.159 e. The van der Waals surface area contributed by atoms with E-state index in [0.717, 1.165) is 0 Å². The fourth-order valence-electron chi connectivity index (χ4n) is 1.28. The van der Waals surface area contributed by atoms with Crippen LogP contribution in [0.4, 0.5) is 0 Å². The molecule has 1 heterocycles. The third-order valence-electron chi connectivity index (χ3n) is 2.24. The van der Waals surface area contributed by atoms with E-state index in [1.807, 2.05) is 0 Å². The molecule has 1 aliphatic rings. The quantitative estimate of drug-likeness (QED) is 0.742. The Hall–Kier alpha value is -1.06. The Bertz CT molecular complexity index is 385. The van der Waals surface area contributed by atoms with E-state index >= 15 is 0 Å². The molecule has 0 spiro atoms. The van der Waals surface area contributed by atoms with Gasteiger partial charge in [-0.2, -0.15) is 0 Å². The monoisotopic (exact) mass is 226 g/mol. The molecule has 0 unspecified atom stereocenters. The van der Waals surface area contributed by atoms with Crippen molar-refractivity contribution in [1.29, 1.82) is 0 Å². The Morgan fingerprint density at radius 2 is 2.27 bits per heavy atom. The third kappa shape index (κ3) is 2.30. The number of rotatable bonds is 3. The fourth-order valence-corrected chi connectivity index (χ4v) is 1.50. The number of carbonyl (C=O) groups is 1. The lowest BCUT2D eigenvalue weighted by Gasteiger charge is -2.27. The number of ketones is 1. The summed E-state index contributed by atoms with van der Waals surface area (Å²) >= 11 is 5.98. The maximum Gasteiger partial charge on any atom is 0.159 e.